The number of aliphatic hydroxyl groups excluding tert-OH is 2. The van der Waals surface area contributed by atoms with Crippen LogP contribution in [-0.4, -0.2) is 50.0 Å². The van der Waals surface area contributed by atoms with E-state index < -0.39 is 22.4 Å². The highest BCUT2D eigenvalue weighted by molar-refractivity contribution is 7.89. The third-order valence-electron chi connectivity index (χ3n) is 5.58. The van der Waals surface area contributed by atoms with Gasteiger partial charge in [-0.3, -0.25) is 0 Å². The van der Waals surface area contributed by atoms with Crippen LogP contribution in [0.3, 0.4) is 0 Å². The molecule has 0 unspecified atom stereocenters. The number of hydrogen-bond acceptors (Lipinski definition) is 7. The van der Waals surface area contributed by atoms with Crippen LogP contribution in [0.5, 0.6) is 0 Å². The molecule has 2 aromatic carbocycles. The van der Waals surface area contributed by atoms with Crippen LogP contribution in [0, 0.1) is 0 Å². The van der Waals surface area contributed by atoms with Crippen molar-refractivity contribution in [2.45, 2.75) is 62.2 Å². The van der Waals surface area contributed by atoms with Crippen LogP contribution in [0.2, 0.25) is 0 Å². The molecule has 6 N–H and O–H groups in total. The molecule has 0 aliphatic heterocycles. The molecule has 34 heavy (non-hydrogen) atoms. The zero-order valence-corrected chi connectivity index (χ0v) is 20.4. The van der Waals surface area contributed by atoms with Gasteiger partial charge in [-0.1, -0.05) is 49.2 Å². The lowest BCUT2D eigenvalue weighted by Crippen LogP contribution is -2.22. The molecule has 0 aliphatic carbocycles. The normalized spacial score (nSPS) is 12.9. The number of aliphatic hydroxyl groups is 3. The van der Waals surface area contributed by atoms with Crippen molar-refractivity contribution in [2.24, 2.45) is 5.14 Å². The topological polar surface area (TPSA) is 142 Å². The van der Waals surface area contributed by atoms with E-state index in [0.29, 0.717) is 18.7 Å². The number of sulfonamides is 1. The fraction of sp³-hybridized carbons (Fsp3) is 0.520. The van der Waals surface area contributed by atoms with E-state index in [1.165, 1.54) is 6.07 Å². The average molecular weight is 495 g/mol. The van der Waals surface area contributed by atoms with Crippen LogP contribution in [0.25, 0.3) is 0 Å². The largest absolute Gasteiger partial charge is 0.387 e. The highest BCUT2D eigenvalue weighted by Crippen LogP contribution is 2.16. The van der Waals surface area contributed by atoms with E-state index in [-0.39, 0.29) is 4.90 Å². The standard InChI is InChI=1S/C25H38N2O6S/c26-34(31,32)23-10-7-9-20(18-23)8-3-6-17-33-16-5-2-1-4-15-27-19-24(28)21-11-13-22(14-12-21)25(29)30/h7,9-14,18,24-25,27-30H,1-6,8,15-17,19H2,(H2,26,31,32)/t24-/m0/s1. The van der Waals surface area contributed by atoms with E-state index >= 15 is 0 Å². The zero-order chi connectivity index (χ0) is 24.8. The van der Waals surface area contributed by atoms with Crippen molar-refractivity contribution in [3.63, 3.8) is 0 Å². The second-order valence-electron chi connectivity index (χ2n) is 8.44. The van der Waals surface area contributed by atoms with Gasteiger partial charge in [-0.2, -0.15) is 0 Å². The van der Waals surface area contributed by atoms with Gasteiger partial charge in [0.2, 0.25) is 10.0 Å². The van der Waals surface area contributed by atoms with Crippen LogP contribution in [0.4, 0.5) is 0 Å². The molecule has 9 heteroatoms. The lowest BCUT2D eigenvalue weighted by Gasteiger charge is -2.13. The van der Waals surface area contributed by atoms with Gasteiger partial charge in [0.25, 0.3) is 0 Å². The lowest BCUT2D eigenvalue weighted by atomic mass is 10.1. The van der Waals surface area contributed by atoms with E-state index in [4.69, 9.17) is 20.1 Å². The van der Waals surface area contributed by atoms with Crippen molar-refractivity contribution < 1.29 is 28.5 Å². The van der Waals surface area contributed by atoms with E-state index in [1.54, 1.807) is 36.4 Å². The minimum absolute atomic E-state index is 0.155. The first-order valence-corrected chi connectivity index (χ1v) is 13.4. The Morgan fingerprint density at radius 2 is 1.50 bits per heavy atom. The Morgan fingerprint density at radius 1 is 0.853 bits per heavy atom. The Balaban J connectivity index is 1.42. The van der Waals surface area contributed by atoms with Gasteiger partial charge in [0.05, 0.1) is 11.0 Å². The summed E-state index contributed by atoms with van der Waals surface area (Å²) in [7, 11) is -3.65. The van der Waals surface area contributed by atoms with E-state index in [0.717, 1.165) is 69.2 Å². The maximum Gasteiger partial charge on any atom is 0.238 e. The SMILES string of the molecule is NS(=O)(=O)c1cccc(CCCCOCCCCCCNC[C@H](O)c2ccc(C(O)O)cc2)c1. The highest BCUT2D eigenvalue weighted by atomic mass is 32.2. The summed E-state index contributed by atoms with van der Waals surface area (Å²) in [4.78, 5) is 0.155. The molecule has 0 aliphatic rings. The molecule has 0 saturated carbocycles. The Labute approximate surface area is 202 Å². The maximum absolute atomic E-state index is 11.4. The number of aryl methyl sites for hydroxylation is 1. The Morgan fingerprint density at radius 3 is 2.18 bits per heavy atom. The van der Waals surface area contributed by atoms with Gasteiger partial charge in [0.1, 0.15) is 0 Å². The number of ether oxygens (including phenoxy) is 1. The highest BCUT2D eigenvalue weighted by Gasteiger charge is 2.09. The first-order valence-electron chi connectivity index (χ1n) is 11.8. The van der Waals surface area contributed by atoms with Crippen molar-refractivity contribution in [2.75, 3.05) is 26.3 Å². The number of nitrogens with one attached hydrogen (secondary N) is 1. The zero-order valence-electron chi connectivity index (χ0n) is 19.6. The van der Waals surface area contributed by atoms with Crippen LogP contribution >= 0.6 is 0 Å². The van der Waals surface area contributed by atoms with Gasteiger partial charge in [0.15, 0.2) is 6.29 Å². The smallest absolute Gasteiger partial charge is 0.238 e. The number of nitrogens with two attached hydrogens (primary N) is 1. The van der Waals surface area contributed by atoms with E-state index in [2.05, 4.69) is 5.32 Å². The molecule has 0 heterocycles. The summed E-state index contributed by atoms with van der Waals surface area (Å²) in [5.74, 6) is 0. The third kappa shape index (κ3) is 11.1. The fourth-order valence-electron chi connectivity index (χ4n) is 3.57. The van der Waals surface area contributed by atoms with Crippen LogP contribution in [0.1, 0.15) is 67.6 Å². The van der Waals surface area contributed by atoms with Crippen molar-refractivity contribution in [1.82, 2.24) is 5.32 Å². The number of primary sulfonamides is 1. The molecule has 2 aromatic rings. The molecule has 0 saturated heterocycles. The molecule has 1 atom stereocenters. The summed E-state index contributed by atoms with van der Waals surface area (Å²) in [5, 5.41) is 36.8. The summed E-state index contributed by atoms with van der Waals surface area (Å²) in [6.07, 6.45) is 4.76. The van der Waals surface area contributed by atoms with Crippen molar-refractivity contribution in [3.05, 3.63) is 65.2 Å². The number of benzene rings is 2. The van der Waals surface area contributed by atoms with E-state index in [1.807, 2.05) is 6.07 Å². The van der Waals surface area contributed by atoms with Gasteiger partial charge in [-0.15, -0.1) is 0 Å². The second kappa shape index (κ2) is 15.2. The Bertz CT molecular complexity index is 935. The van der Waals surface area contributed by atoms with Gasteiger partial charge in [-0.05, 0) is 61.9 Å². The minimum atomic E-state index is -3.65. The lowest BCUT2D eigenvalue weighted by molar-refractivity contribution is -0.0425. The summed E-state index contributed by atoms with van der Waals surface area (Å²) < 4.78 is 28.5. The quantitative estimate of drug-likeness (QED) is 0.168. The average Bonchev–Trinajstić information content (AvgIpc) is 2.81. The first kappa shape index (κ1) is 28.4. The molecule has 0 radical (unpaired) electrons. The molecule has 0 spiro atoms. The van der Waals surface area contributed by atoms with Crippen LogP contribution in [-0.2, 0) is 21.2 Å². The number of rotatable bonds is 17. The van der Waals surface area contributed by atoms with Gasteiger partial charge in [0, 0.05) is 25.3 Å². The van der Waals surface area contributed by atoms with Crippen molar-refractivity contribution in [1.29, 1.82) is 0 Å². The summed E-state index contributed by atoms with van der Waals surface area (Å²) in [5.41, 5.74) is 2.11. The number of hydrogen-bond donors (Lipinski definition) is 5. The molecule has 0 bridgehead atoms. The molecule has 0 aromatic heterocycles. The van der Waals surface area contributed by atoms with Crippen molar-refractivity contribution >= 4 is 10.0 Å². The maximum atomic E-state index is 11.4. The van der Waals surface area contributed by atoms with Crippen LogP contribution < -0.4 is 10.5 Å². The fourth-order valence-corrected chi connectivity index (χ4v) is 4.15. The van der Waals surface area contributed by atoms with Crippen LogP contribution in [0.15, 0.2) is 53.4 Å². The summed E-state index contributed by atoms with van der Waals surface area (Å²) >= 11 is 0. The molecule has 2 rings (SSSR count). The number of unbranched alkanes of at least 4 members (excludes halogenated alkanes) is 4. The third-order valence-corrected chi connectivity index (χ3v) is 6.49. The predicted octanol–water partition coefficient (Wildman–Crippen LogP) is 2.54. The molecular weight excluding hydrogens is 456 g/mol. The predicted molar refractivity (Wildman–Crippen MR) is 131 cm³/mol. The summed E-state index contributed by atoms with van der Waals surface area (Å²) in [6, 6.07) is 13.4. The first-order chi connectivity index (χ1) is 16.3. The molecule has 0 fully saturated rings. The Hall–Kier alpha value is -1.85. The van der Waals surface area contributed by atoms with Crippen molar-refractivity contribution in [3.8, 4) is 0 Å². The molecule has 190 valence electrons. The molecule has 0 amide bonds. The van der Waals surface area contributed by atoms with Gasteiger partial charge in [-0.25, -0.2) is 13.6 Å². The summed E-state index contributed by atoms with van der Waals surface area (Å²) in [6.45, 7) is 2.73. The molecular formula is C25H38N2O6S. The van der Waals surface area contributed by atoms with E-state index in [9.17, 15) is 13.5 Å². The van der Waals surface area contributed by atoms with Gasteiger partial charge < -0.3 is 25.4 Å². The monoisotopic (exact) mass is 494 g/mol. The van der Waals surface area contributed by atoms with Gasteiger partial charge >= 0.3 is 0 Å². The minimum Gasteiger partial charge on any atom is -0.387 e. The Kier molecular flexibility index (Phi) is 12.7. The second-order valence-corrected chi connectivity index (χ2v) is 10.00. The molecule has 8 nitrogen and oxygen atoms in total.